The van der Waals surface area contributed by atoms with Crippen molar-refractivity contribution >= 4 is 28.8 Å². The number of hydrogen-bond acceptors (Lipinski definition) is 4. The molecule has 0 bridgehead atoms. The van der Waals surface area contributed by atoms with E-state index in [9.17, 15) is 14.0 Å². The number of carbonyl (C=O) groups excluding carboxylic acids is 2. The summed E-state index contributed by atoms with van der Waals surface area (Å²) in [5.74, 6) is -0.750. The van der Waals surface area contributed by atoms with E-state index < -0.39 is 5.82 Å². The third-order valence-electron chi connectivity index (χ3n) is 4.99. The molecule has 7 heteroatoms. The van der Waals surface area contributed by atoms with Crippen LogP contribution in [0.15, 0.2) is 29.0 Å². The van der Waals surface area contributed by atoms with E-state index in [0.717, 1.165) is 24.8 Å². The van der Waals surface area contributed by atoms with Gasteiger partial charge in [0.05, 0.1) is 11.1 Å². The van der Waals surface area contributed by atoms with Crippen LogP contribution in [0.2, 0.25) is 0 Å². The quantitative estimate of drug-likeness (QED) is 0.795. The lowest BCUT2D eigenvalue weighted by Gasteiger charge is -2.26. The Hall–Kier alpha value is -2.41. The number of nitrogens with zero attached hydrogens (tertiary/aromatic N) is 1. The molecule has 144 valence electrons. The highest BCUT2D eigenvalue weighted by Gasteiger charge is 2.31. The minimum atomic E-state index is -0.439. The molecule has 5 nitrogen and oxygen atoms in total. The van der Waals surface area contributed by atoms with Crippen LogP contribution in [0.25, 0.3) is 0 Å². The van der Waals surface area contributed by atoms with E-state index in [0.29, 0.717) is 29.9 Å². The van der Waals surface area contributed by atoms with Crippen LogP contribution in [0.3, 0.4) is 0 Å². The van der Waals surface area contributed by atoms with Crippen LogP contribution in [0.5, 0.6) is 0 Å². The summed E-state index contributed by atoms with van der Waals surface area (Å²) in [5.41, 5.74) is 2.67. The number of thiophene rings is 1. The van der Waals surface area contributed by atoms with Gasteiger partial charge < -0.3 is 15.5 Å². The number of benzene rings is 1. The third kappa shape index (κ3) is 4.13. The molecule has 0 saturated carbocycles. The van der Waals surface area contributed by atoms with Crippen LogP contribution in [-0.2, 0) is 6.42 Å². The van der Waals surface area contributed by atoms with Crippen molar-refractivity contribution in [2.24, 2.45) is 0 Å². The summed E-state index contributed by atoms with van der Waals surface area (Å²) in [6.45, 7) is 3.03. The Morgan fingerprint density at radius 2 is 2.11 bits per heavy atom. The molecule has 1 aromatic carbocycles. The number of likely N-dealkylation sites (tertiary alicyclic amines) is 1. The zero-order chi connectivity index (χ0) is 19.4. The monoisotopic (exact) mass is 389 g/mol. The van der Waals surface area contributed by atoms with Crippen molar-refractivity contribution in [3.05, 3.63) is 51.5 Å². The SMILES string of the molecule is CCc1cscc1C(=O)NC[C@H]1CCCN1C(=O)c1cc(F)ccc1NC. The normalized spacial score (nSPS) is 16.4. The van der Waals surface area contributed by atoms with Gasteiger partial charge in [-0.1, -0.05) is 6.92 Å². The van der Waals surface area contributed by atoms with Crippen molar-refractivity contribution in [1.29, 1.82) is 0 Å². The van der Waals surface area contributed by atoms with Crippen molar-refractivity contribution in [1.82, 2.24) is 10.2 Å². The number of halogens is 1. The summed E-state index contributed by atoms with van der Waals surface area (Å²) >= 11 is 1.52. The molecule has 2 aromatic rings. The Bertz CT molecular complexity index is 836. The predicted molar refractivity (Wildman–Crippen MR) is 106 cm³/mol. The Morgan fingerprint density at radius 3 is 2.85 bits per heavy atom. The number of anilines is 1. The molecule has 0 aliphatic carbocycles. The highest BCUT2D eigenvalue weighted by molar-refractivity contribution is 7.08. The van der Waals surface area contributed by atoms with Crippen LogP contribution >= 0.6 is 11.3 Å². The molecule has 1 aliphatic heterocycles. The van der Waals surface area contributed by atoms with Crippen molar-refractivity contribution in [2.75, 3.05) is 25.5 Å². The van der Waals surface area contributed by atoms with Crippen LogP contribution in [0.1, 0.15) is 46.0 Å². The van der Waals surface area contributed by atoms with Gasteiger partial charge in [0.2, 0.25) is 0 Å². The molecular weight excluding hydrogens is 365 g/mol. The molecule has 1 saturated heterocycles. The van der Waals surface area contributed by atoms with Crippen LogP contribution in [-0.4, -0.2) is 42.9 Å². The summed E-state index contributed by atoms with van der Waals surface area (Å²) < 4.78 is 13.7. The fourth-order valence-electron chi connectivity index (χ4n) is 3.48. The summed E-state index contributed by atoms with van der Waals surface area (Å²) in [7, 11) is 1.71. The molecule has 27 heavy (non-hydrogen) atoms. The largest absolute Gasteiger partial charge is 0.387 e. The van der Waals surface area contributed by atoms with Gasteiger partial charge in [0.15, 0.2) is 0 Å². The fourth-order valence-corrected chi connectivity index (χ4v) is 4.40. The Balaban J connectivity index is 1.69. The molecule has 1 atom stereocenters. The molecule has 1 aliphatic rings. The van der Waals surface area contributed by atoms with E-state index in [4.69, 9.17) is 0 Å². The molecule has 2 N–H and O–H groups in total. The van der Waals surface area contributed by atoms with Gasteiger partial charge in [-0.3, -0.25) is 9.59 Å². The van der Waals surface area contributed by atoms with Gasteiger partial charge in [-0.15, -0.1) is 0 Å². The zero-order valence-electron chi connectivity index (χ0n) is 15.5. The smallest absolute Gasteiger partial charge is 0.256 e. The first-order valence-corrected chi connectivity index (χ1v) is 10.1. The van der Waals surface area contributed by atoms with Crippen molar-refractivity contribution < 1.29 is 14.0 Å². The van der Waals surface area contributed by atoms with Gasteiger partial charge >= 0.3 is 0 Å². The van der Waals surface area contributed by atoms with Gasteiger partial charge in [-0.25, -0.2) is 4.39 Å². The predicted octanol–water partition coefficient (Wildman–Crippen LogP) is 3.53. The van der Waals surface area contributed by atoms with Gasteiger partial charge in [-0.05, 0) is 48.4 Å². The highest BCUT2D eigenvalue weighted by atomic mass is 32.1. The Morgan fingerprint density at radius 1 is 1.30 bits per heavy atom. The highest BCUT2D eigenvalue weighted by Crippen LogP contribution is 2.24. The lowest BCUT2D eigenvalue weighted by Crippen LogP contribution is -2.43. The lowest BCUT2D eigenvalue weighted by molar-refractivity contribution is 0.0725. The summed E-state index contributed by atoms with van der Waals surface area (Å²) in [4.78, 5) is 27.2. The molecule has 3 rings (SSSR count). The topological polar surface area (TPSA) is 61.4 Å². The Labute approximate surface area is 162 Å². The number of aryl methyl sites for hydroxylation is 1. The fraction of sp³-hybridized carbons (Fsp3) is 0.400. The van der Waals surface area contributed by atoms with E-state index in [1.807, 2.05) is 17.7 Å². The number of rotatable bonds is 6. The average molecular weight is 389 g/mol. The molecule has 2 heterocycles. The van der Waals surface area contributed by atoms with E-state index >= 15 is 0 Å². The molecule has 2 amide bonds. The second-order valence-corrected chi connectivity index (χ2v) is 7.35. The van der Waals surface area contributed by atoms with Crippen molar-refractivity contribution in [3.8, 4) is 0 Å². The standard InChI is InChI=1S/C20H24FN3O2S/c1-3-13-11-27-12-17(13)19(25)23-10-15-5-4-8-24(15)20(26)16-9-14(21)6-7-18(16)22-2/h6-7,9,11-12,15,22H,3-5,8,10H2,1-2H3,(H,23,25)/t15-/m1/s1. The first kappa shape index (κ1) is 19.4. The minimum Gasteiger partial charge on any atom is -0.387 e. The molecule has 1 aromatic heterocycles. The summed E-state index contributed by atoms with van der Waals surface area (Å²) in [6.07, 6.45) is 2.50. The third-order valence-corrected chi connectivity index (χ3v) is 5.78. The van der Waals surface area contributed by atoms with Gasteiger partial charge in [0.25, 0.3) is 11.8 Å². The van der Waals surface area contributed by atoms with Crippen molar-refractivity contribution in [3.63, 3.8) is 0 Å². The van der Waals surface area contributed by atoms with Gasteiger partial charge in [-0.2, -0.15) is 11.3 Å². The summed E-state index contributed by atoms with van der Waals surface area (Å²) in [6, 6.07) is 4.08. The molecule has 1 fully saturated rings. The molecule has 0 spiro atoms. The Kier molecular flexibility index (Phi) is 6.11. The summed E-state index contributed by atoms with van der Waals surface area (Å²) in [5, 5.41) is 9.75. The molecule has 0 unspecified atom stereocenters. The first-order chi connectivity index (χ1) is 13.0. The molecular formula is C20H24FN3O2S. The van der Waals surface area contributed by atoms with E-state index in [1.54, 1.807) is 18.0 Å². The van der Waals surface area contributed by atoms with Gasteiger partial charge in [0, 0.05) is 37.2 Å². The number of amides is 2. The maximum Gasteiger partial charge on any atom is 0.256 e. The molecule has 0 radical (unpaired) electrons. The average Bonchev–Trinajstić information content (AvgIpc) is 3.34. The number of hydrogen-bond donors (Lipinski definition) is 2. The van der Waals surface area contributed by atoms with Crippen LogP contribution in [0.4, 0.5) is 10.1 Å². The van der Waals surface area contributed by atoms with E-state index in [2.05, 4.69) is 10.6 Å². The van der Waals surface area contributed by atoms with E-state index in [1.165, 1.54) is 23.5 Å². The minimum absolute atomic E-state index is 0.0851. The maximum absolute atomic E-state index is 13.7. The van der Waals surface area contributed by atoms with Gasteiger partial charge in [0.1, 0.15) is 5.82 Å². The first-order valence-electron chi connectivity index (χ1n) is 9.16. The second kappa shape index (κ2) is 8.52. The van der Waals surface area contributed by atoms with E-state index in [-0.39, 0.29) is 17.9 Å². The lowest BCUT2D eigenvalue weighted by atomic mass is 10.1. The van der Waals surface area contributed by atoms with Crippen LogP contribution < -0.4 is 10.6 Å². The maximum atomic E-state index is 13.7. The number of nitrogens with one attached hydrogen (secondary N) is 2. The van der Waals surface area contributed by atoms with Crippen LogP contribution in [0, 0.1) is 5.82 Å². The number of carbonyl (C=O) groups is 2. The zero-order valence-corrected chi connectivity index (χ0v) is 16.4. The second-order valence-electron chi connectivity index (χ2n) is 6.61. The van der Waals surface area contributed by atoms with Crippen molar-refractivity contribution in [2.45, 2.75) is 32.2 Å².